The molecule has 0 aliphatic carbocycles. The van der Waals surface area contributed by atoms with Crippen molar-refractivity contribution in [2.75, 3.05) is 44.8 Å². The molecule has 38 heavy (non-hydrogen) atoms. The number of halogens is 1. The molecule has 0 spiro atoms. The average molecular weight is 520 g/mol. The van der Waals surface area contributed by atoms with E-state index in [-0.39, 0.29) is 17.5 Å². The number of nitrogens with zero attached hydrogens (tertiary/aromatic N) is 6. The van der Waals surface area contributed by atoms with Crippen LogP contribution in [0.5, 0.6) is 5.75 Å². The summed E-state index contributed by atoms with van der Waals surface area (Å²) in [6, 6.07) is 13.6. The number of fused-ring (bicyclic) bond motifs is 1. The number of methoxy groups -OCH3 is 1. The smallest absolute Gasteiger partial charge is 0.253 e. The molecule has 198 valence electrons. The van der Waals surface area contributed by atoms with Gasteiger partial charge in [-0.1, -0.05) is 0 Å². The maximum absolute atomic E-state index is 13.5. The molecule has 2 atom stereocenters. The minimum absolute atomic E-state index is 0.0485. The van der Waals surface area contributed by atoms with E-state index in [1.165, 1.54) is 12.1 Å². The number of hydrogen-bond acceptors (Lipinski definition) is 8. The van der Waals surface area contributed by atoms with E-state index in [1.54, 1.807) is 23.9 Å². The fraction of sp³-hybridized carbons (Fsp3) is 0.407. The average Bonchev–Trinajstić information content (AvgIpc) is 3.63. The van der Waals surface area contributed by atoms with Gasteiger partial charge in [-0.15, -0.1) is 5.10 Å². The molecule has 2 aliphatic rings. The van der Waals surface area contributed by atoms with Gasteiger partial charge in [0.05, 0.1) is 19.8 Å². The molecular formula is C27H30FN7O3. The van der Waals surface area contributed by atoms with E-state index < -0.39 is 6.04 Å². The Morgan fingerprint density at radius 3 is 2.68 bits per heavy atom. The molecule has 0 bridgehead atoms. The van der Waals surface area contributed by atoms with Crippen LogP contribution in [0.2, 0.25) is 0 Å². The third-order valence-corrected chi connectivity index (χ3v) is 7.45. The van der Waals surface area contributed by atoms with E-state index in [4.69, 9.17) is 9.47 Å². The Balaban J connectivity index is 1.36. The molecule has 4 aromatic rings. The Bertz CT molecular complexity index is 1460. The van der Waals surface area contributed by atoms with Crippen LogP contribution >= 0.6 is 0 Å². The van der Waals surface area contributed by atoms with Gasteiger partial charge in [-0.2, -0.15) is 0 Å². The molecule has 4 heterocycles. The number of nitrogens with one attached hydrogen (secondary N) is 1. The molecule has 0 unspecified atom stereocenters. The van der Waals surface area contributed by atoms with E-state index >= 15 is 0 Å². The van der Waals surface area contributed by atoms with Crippen molar-refractivity contribution in [1.29, 1.82) is 0 Å². The summed E-state index contributed by atoms with van der Waals surface area (Å²) in [5.74, 6) is 1.07. The minimum atomic E-state index is -0.457. The molecule has 1 N–H and O–H groups in total. The van der Waals surface area contributed by atoms with Gasteiger partial charge in [0.1, 0.15) is 17.6 Å². The summed E-state index contributed by atoms with van der Waals surface area (Å²) in [6.07, 6.45) is 2.02. The number of tetrazole rings is 1. The van der Waals surface area contributed by atoms with Crippen LogP contribution < -0.4 is 15.2 Å². The first-order valence-electron chi connectivity index (χ1n) is 12.9. The predicted molar refractivity (Wildman–Crippen MR) is 140 cm³/mol. The summed E-state index contributed by atoms with van der Waals surface area (Å²) in [5, 5.41) is 13.6. The Morgan fingerprint density at radius 1 is 1.13 bits per heavy atom. The van der Waals surface area contributed by atoms with Gasteiger partial charge in [0.25, 0.3) is 5.56 Å². The number of aromatic nitrogens is 5. The van der Waals surface area contributed by atoms with Gasteiger partial charge < -0.3 is 19.4 Å². The van der Waals surface area contributed by atoms with E-state index in [1.807, 2.05) is 24.3 Å². The fourth-order valence-corrected chi connectivity index (χ4v) is 5.44. The van der Waals surface area contributed by atoms with Gasteiger partial charge in [0.2, 0.25) is 0 Å². The van der Waals surface area contributed by atoms with Crippen molar-refractivity contribution < 1.29 is 13.9 Å². The van der Waals surface area contributed by atoms with Gasteiger partial charge >= 0.3 is 0 Å². The van der Waals surface area contributed by atoms with Gasteiger partial charge in [0.15, 0.2) is 5.82 Å². The van der Waals surface area contributed by atoms with Gasteiger partial charge in [-0.05, 0) is 71.8 Å². The zero-order chi connectivity index (χ0) is 26.1. The summed E-state index contributed by atoms with van der Waals surface area (Å²) in [5.41, 5.74) is 2.10. The number of ether oxygens (including phenoxy) is 2. The van der Waals surface area contributed by atoms with Crippen molar-refractivity contribution in [3.05, 3.63) is 76.1 Å². The van der Waals surface area contributed by atoms with Crippen LogP contribution in [0.25, 0.3) is 10.9 Å². The maximum Gasteiger partial charge on any atom is 0.253 e. The molecule has 11 heteroatoms. The van der Waals surface area contributed by atoms with Crippen LogP contribution in [0.1, 0.15) is 30.3 Å². The quantitative estimate of drug-likeness (QED) is 0.398. The standard InChI is InChI=1S/C27H30FN7O3/c1-37-21-8-9-24-18(15-21)16-23(27(36)29-24)25(26-30-31-32-35(26)17-22-3-2-14-38-22)34-12-10-33(11-13-34)20-6-4-19(28)5-7-20/h4-9,15-16,22,25H,2-3,10-14,17H2,1H3,(H,29,36)/t22-,25-/m0/s1. The molecular weight excluding hydrogens is 489 g/mol. The van der Waals surface area contributed by atoms with E-state index in [9.17, 15) is 9.18 Å². The van der Waals surface area contributed by atoms with Crippen molar-refractivity contribution in [3.8, 4) is 5.75 Å². The highest BCUT2D eigenvalue weighted by Crippen LogP contribution is 2.30. The Labute approximate surface area is 219 Å². The summed E-state index contributed by atoms with van der Waals surface area (Å²) in [4.78, 5) is 21.0. The van der Waals surface area contributed by atoms with Crippen LogP contribution in [0.4, 0.5) is 10.1 Å². The lowest BCUT2D eigenvalue weighted by Crippen LogP contribution is -2.49. The predicted octanol–water partition coefficient (Wildman–Crippen LogP) is 2.75. The minimum Gasteiger partial charge on any atom is -0.497 e. The van der Waals surface area contributed by atoms with Gasteiger partial charge in [-0.3, -0.25) is 9.69 Å². The molecule has 0 radical (unpaired) electrons. The number of rotatable bonds is 7. The summed E-state index contributed by atoms with van der Waals surface area (Å²) >= 11 is 0. The molecule has 10 nitrogen and oxygen atoms in total. The third-order valence-electron chi connectivity index (χ3n) is 7.45. The van der Waals surface area contributed by atoms with Crippen LogP contribution in [0, 0.1) is 5.82 Å². The number of piperazine rings is 1. The first-order chi connectivity index (χ1) is 18.6. The van der Waals surface area contributed by atoms with Gasteiger partial charge in [0, 0.05) is 54.9 Å². The van der Waals surface area contributed by atoms with E-state index in [0.717, 1.165) is 49.1 Å². The Morgan fingerprint density at radius 2 is 1.95 bits per heavy atom. The highest BCUT2D eigenvalue weighted by atomic mass is 19.1. The summed E-state index contributed by atoms with van der Waals surface area (Å²) < 4.78 is 26.5. The number of aromatic amines is 1. The largest absolute Gasteiger partial charge is 0.497 e. The number of H-pyrrole nitrogens is 1. The Kier molecular flexibility index (Phi) is 6.77. The maximum atomic E-state index is 13.5. The van der Waals surface area contributed by atoms with E-state index in [2.05, 4.69) is 30.3 Å². The summed E-state index contributed by atoms with van der Waals surface area (Å²) in [6.45, 7) is 4.05. The second-order valence-electron chi connectivity index (χ2n) is 9.76. The van der Waals surface area contributed by atoms with Crippen molar-refractivity contribution >= 4 is 16.6 Å². The zero-order valence-corrected chi connectivity index (χ0v) is 21.2. The number of pyridine rings is 1. The lowest BCUT2D eigenvalue weighted by Gasteiger charge is -2.39. The van der Waals surface area contributed by atoms with E-state index in [0.29, 0.717) is 36.8 Å². The van der Waals surface area contributed by atoms with Crippen LogP contribution in [-0.2, 0) is 11.3 Å². The number of anilines is 1. The topological polar surface area (TPSA) is 101 Å². The zero-order valence-electron chi connectivity index (χ0n) is 21.2. The molecule has 2 saturated heterocycles. The SMILES string of the molecule is COc1ccc2[nH]c(=O)c([C@@H](c3nnnn3C[C@@H]3CCCO3)N3CCN(c4ccc(F)cc4)CC3)cc2c1. The van der Waals surface area contributed by atoms with Crippen molar-refractivity contribution in [2.24, 2.45) is 0 Å². The second-order valence-corrected chi connectivity index (χ2v) is 9.76. The number of hydrogen-bond donors (Lipinski definition) is 1. The van der Waals surface area contributed by atoms with Crippen molar-refractivity contribution in [1.82, 2.24) is 30.1 Å². The summed E-state index contributed by atoms with van der Waals surface area (Å²) in [7, 11) is 1.62. The molecule has 6 rings (SSSR count). The van der Waals surface area contributed by atoms with Crippen LogP contribution in [0.15, 0.2) is 53.3 Å². The number of benzene rings is 2. The van der Waals surface area contributed by atoms with Crippen LogP contribution in [0.3, 0.4) is 0 Å². The lowest BCUT2D eigenvalue weighted by molar-refractivity contribution is 0.0906. The molecule has 2 aromatic carbocycles. The lowest BCUT2D eigenvalue weighted by atomic mass is 10.0. The van der Waals surface area contributed by atoms with Crippen molar-refractivity contribution in [3.63, 3.8) is 0 Å². The molecule has 2 aliphatic heterocycles. The van der Waals surface area contributed by atoms with Crippen molar-refractivity contribution in [2.45, 2.75) is 31.5 Å². The first-order valence-corrected chi connectivity index (χ1v) is 12.9. The Hall–Kier alpha value is -3.83. The molecule has 2 fully saturated rings. The van der Waals surface area contributed by atoms with Gasteiger partial charge in [-0.25, -0.2) is 9.07 Å². The fourth-order valence-electron chi connectivity index (χ4n) is 5.44. The highest BCUT2D eigenvalue weighted by Gasteiger charge is 2.33. The monoisotopic (exact) mass is 519 g/mol. The molecule has 2 aromatic heterocycles. The highest BCUT2D eigenvalue weighted by molar-refractivity contribution is 5.80. The first kappa shape index (κ1) is 24.5. The normalized spacial score (nSPS) is 19.2. The molecule has 0 amide bonds. The third kappa shape index (κ3) is 4.86. The second kappa shape index (κ2) is 10.5. The van der Waals surface area contributed by atoms with Crippen LogP contribution in [-0.4, -0.2) is 76.1 Å². The molecule has 0 saturated carbocycles.